The maximum atomic E-state index is 13.0. The molecule has 0 spiro atoms. The van der Waals surface area contributed by atoms with E-state index in [-0.39, 0.29) is 10.6 Å². The Morgan fingerprint density at radius 3 is 2.54 bits per heavy atom. The number of amides is 1. The number of sulfonamides is 1. The van der Waals surface area contributed by atoms with Crippen LogP contribution in [0.2, 0.25) is 0 Å². The number of rotatable bonds is 6. The van der Waals surface area contributed by atoms with E-state index < -0.39 is 15.9 Å². The Balaban J connectivity index is 1.84. The highest BCUT2D eigenvalue weighted by Gasteiger charge is 2.33. The van der Waals surface area contributed by atoms with Crippen LogP contribution < -0.4 is 5.32 Å². The smallest absolute Gasteiger partial charge is 0.263 e. The standard InChI is InChI=1S/C17H23N5O3S/c1-2-21-13-15(16(23)19-12-14-6-8-18-9-7-14)17(20-21)26(24,25)22-10-4-3-5-11-22/h6-9,13H,2-5,10-12H2,1H3,(H,19,23). The molecule has 1 N–H and O–H groups in total. The summed E-state index contributed by atoms with van der Waals surface area (Å²) in [7, 11) is -3.78. The van der Waals surface area contributed by atoms with Crippen molar-refractivity contribution in [3.05, 3.63) is 41.9 Å². The molecule has 0 aliphatic carbocycles. The summed E-state index contributed by atoms with van der Waals surface area (Å²) in [6.45, 7) is 3.57. The van der Waals surface area contributed by atoms with Gasteiger partial charge in [0.05, 0.1) is 5.56 Å². The van der Waals surface area contributed by atoms with Crippen molar-refractivity contribution in [2.24, 2.45) is 0 Å². The first kappa shape index (κ1) is 18.5. The molecule has 0 atom stereocenters. The fraction of sp³-hybridized carbons (Fsp3) is 0.471. The van der Waals surface area contributed by atoms with Gasteiger partial charge in [0.15, 0.2) is 0 Å². The second-order valence-electron chi connectivity index (χ2n) is 6.21. The molecule has 2 aromatic rings. The summed E-state index contributed by atoms with van der Waals surface area (Å²) >= 11 is 0. The lowest BCUT2D eigenvalue weighted by atomic mass is 10.2. The van der Waals surface area contributed by atoms with Crippen LogP contribution in [0.5, 0.6) is 0 Å². The first-order chi connectivity index (χ1) is 12.5. The zero-order valence-electron chi connectivity index (χ0n) is 14.8. The van der Waals surface area contributed by atoms with Gasteiger partial charge in [0.2, 0.25) is 5.03 Å². The largest absolute Gasteiger partial charge is 0.348 e. The van der Waals surface area contributed by atoms with Crippen LogP contribution in [0.3, 0.4) is 0 Å². The maximum absolute atomic E-state index is 13.0. The van der Waals surface area contributed by atoms with Crippen LogP contribution in [0.1, 0.15) is 42.1 Å². The summed E-state index contributed by atoms with van der Waals surface area (Å²) in [6.07, 6.45) is 7.47. The number of aromatic nitrogens is 3. The molecule has 8 nitrogen and oxygen atoms in total. The Hall–Kier alpha value is -2.26. The molecule has 1 aliphatic heterocycles. The van der Waals surface area contributed by atoms with Crippen molar-refractivity contribution in [1.29, 1.82) is 0 Å². The number of hydrogen-bond donors (Lipinski definition) is 1. The van der Waals surface area contributed by atoms with Crippen molar-refractivity contribution >= 4 is 15.9 Å². The van der Waals surface area contributed by atoms with E-state index in [0.717, 1.165) is 24.8 Å². The van der Waals surface area contributed by atoms with Gasteiger partial charge in [0.1, 0.15) is 0 Å². The fourth-order valence-corrected chi connectivity index (χ4v) is 4.53. The summed E-state index contributed by atoms with van der Waals surface area (Å²) in [4.78, 5) is 16.6. The highest BCUT2D eigenvalue weighted by atomic mass is 32.2. The normalized spacial score (nSPS) is 15.7. The summed E-state index contributed by atoms with van der Waals surface area (Å²) < 4.78 is 28.9. The third-order valence-corrected chi connectivity index (χ3v) is 6.23. The average Bonchev–Trinajstić information content (AvgIpc) is 3.13. The van der Waals surface area contributed by atoms with Gasteiger partial charge in [0.25, 0.3) is 15.9 Å². The van der Waals surface area contributed by atoms with E-state index >= 15 is 0 Å². The van der Waals surface area contributed by atoms with Gasteiger partial charge in [-0.25, -0.2) is 8.42 Å². The van der Waals surface area contributed by atoms with Crippen LogP contribution >= 0.6 is 0 Å². The van der Waals surface area contributed by atoms with Gasteiger partial charge in [-0.15, -0.1) is 0 Å². The minimum atomic E-state index is -3.78. The van der Waals surface area contributed by atoms with E-state index in [1.165, 1.54) is 15.2 Å². The molecule has 26 heavy (non-hydrogen) atoms. The molecular formula is C17H23N5O3S. The van der Waals surface area contributed by atoms with Crippen LogP contribution in [0.25, 0.3) is 0 Å². The Morgan fingerprint density at radius 2 is 1.88 bits per heavy atom. The minimum absolute atomic E-state index is 0.0893. The molecule has 0 aromatic carbocycles. The average molecular weight is 377 g/mol. The topological polar surface area (TPSA) is 97.2 Å². The number of aryl methyl sites for hydroxylation is 1. The molecule has 1 fully saturated rings. The molecule has 0 radical (unpaired) electrons. The fourth-order valence-electron chi connectivity index (χ4n) is 2.92. The van der Waals surface area contributed by atoms with Crippen molar-refractivity contribution in [3.8, 4) is 0 Å². The zero-order valence-corrected chi connectivity index (χ0v) is 15.6. The molecular weight excluding hydrogens is 354 g/mol. The van der Waals surface area contributed by atoms with E-state index in [4.69, 9.17) is 0 Å². The maximum Gasteiger partial charge on any atom is 0.263 e. The van der Waals surface area contributed by atoms with Gasteiger partial charge in [-0.1, -0.05) is 6.42 Å². The van der Waals surface area contributed by atoms with Crippen molar-refractivity contribution < 1.29 is 13.2 Å². The third kappa shape index (κ3) is 3.94. The molecule has 0 unspecified atom stereocenters. The Kier molecular flexibility index (Phi) is 5.67. The van der Waals surface area contributed by atoms with E-state index in [1.54, 1.807) is 24.5 Å². The first-order valence-corrected chi connectivity index (χ1v) is 10.2. The number of nitrogens with zero attached hydrogens (tertiary/aromatic N) is 4. The summed E-state index contributed by atoms with van der Waals surface area (Å²) in [5.74, 6) is -0.447. The zero-order chi connectivity index (χ0) is 18.6. The molecule has 3 heterocycles. The van der Waals surface area contributed by atoms with Crippen LogP contribution in [0.4, 0.5) is 0 Å². The van der Waals surface area contributed by atoms with Crippen molar-refractivity contribution in [1.82, 2.24) is 24.4 Å². The highest BCUT2D eigenvalue weighted by Crippen LogP contribution is 2.22. The molecule has 0 bridgehead atoms. The molecule has 9 heteroatoms. The number of piperidine rings is 1. The second kappa shape index (κ2) is 7.96. The molecule has 2 aromatic heterocycles. The van der Waals surface area contributed by atoms with E-state index in [0.29, 0.717) is 26.2 Å². The van der Waals surface area contributed by atoms with E-state index in [9.17, 15) is 13.2 Å². The number of carbonyl (C=O) groups excluding carboxylic acids is 1. The quantitative estimate of drug-likeness (QED) is 0.821. The van der Waals surface area contributed by atoms with Crippen LogP contribution in [0, 0.1) is 0 Å². The van der Waals surface area contributed by atoms with Gasteiger partial charge in [0, 0.05) is 44.8 Å². The number of nitrogens with one attached hydrogen (secondary N) is 1. The van der Waals surface area contributed by atoms with E-state index in [1.807, 2.05) is 6.92 Å². The summed E-state index contributed by atoms with van der Waals surface area (Å²) in [5.41, 5.74) is 0.975. The van der Waals surface area contributed by atoms with Crippen molar-refractivity contribution in [2.45, 2.75) is 44.3 Å². The van der Waals surface area contributed by atoms with Crippen molar-refractivity contribution in [2.75, 3.05) is 13.1 Å². The Labute approximate surface area is 153 Å². The Morgan fingerprint density at radius 1 is 1.19 bits per heavy atom. The minimum Gasteiger partial charge on any atom is -0.348 e. The van der Waals surface area contributed by atoms with Gasteiger partial charge in [-0.2, -0.15) is 9.40 Å². The number of pyridine rings is 1. The monoisotopic (exact) mass is 377 g/mol. The third-order valence-electron chi connectivity index (χ3n) is 4.40. The summed E-state index contributed by atoms with van der Waals surface area (Å²) in [5, 5.41) is 6.77. The van der Waals surface area contributed by atoms with Crippen LogP contribution in [-0.4, -0.2) is 46.5 Å². The molecule has 3 rings (SSSR count). The lowest BCUT2D eigenvalue weighted by molar-refractivity contribution is 0.0947. The highest BCUT2D eigenvalue weighted by molar-refractivity contribution is 7.89. The molecule has 1 amide bonds. The lowest BCUT2D eigenvalue weighted by Gasteiger charge is -2.25. The predicted octanol–water partition coefficient (Wildman–Crippen LogP) is 1.40. The van der Waals surface area contributed by atoms with Gasteiger partial charge < -0.3 is 5.32 Å². The molecule has 140 valence electrons. The SMILES string of the molecule is CCn1cc(C(=O)NCc2ccncc2)c(S(=O)(=O)N2CCCCC2)n1. The number of hydrogen-bond acceptors (Lipinski definition) is 5. The second-order valence-corrected chi connectivity index (χ2v) is 8.06. The molecule has 1 aliphatic rings. The summed E-state index contributed by atoms with van der Waals surface area (Å²) in [6, 6.07) is 3.59. The predicted molar refractivity (Wildman–Crippen MR) is 95.9 cm³/mol. The van der Waals surface area contributed by atoms with Gasteiger partial charge in [-0.05, 0) is 37.5 Å². The molecule has 0 saturated carbocycles. The van der Waals surface area contributed by atoms with Gasteiger partial charge in [-0.3, -0.25) is 14.5 Å². The number of carbonyl (C=O) groups is 1. The van der Waals surface area contributed by atoms with Gasteiger partial charge >= 0.3 is 0 Å². The van der Waals surface area contributed by atoms with E-state index in [2.05, 4.69) is 15.4 Å². The van der Waals surface area contributed by atoms with Crippen LogP contribution in [0.15, 0.2) is 35.7 Å². The first-order valence-electron chi connectivity index (χ1n) is 8.77. The lowest BCUT2D eigenvalue weighted by Crippen LogP contribution is -2.37. The van der Waals surface area contributed by atoms with Crippen molar-refractivity contribution in [3.63, 3.8) is 0 Å². The molecule has 1 saturated heterocycles. The Bertz CT molecular complexity index is 858. The van der Waals surface area contributed by atoms with Crippen LogP contribution in [-0.2, 0) is 23.1 Å².